The Bertz CT molecular complexity index is 339. The molecule has 1 aliphatic rings. The van der Waals surface area contributed by atoms with Crippen molar-refractivity contribution in [3.05, 3.63) is 24.8 Å². The number of piperidine rings is 1. The number of rotatable bonds is 15. The van der Waals surface area contributed by atoms with Crippen LogP contribution in [-0.4, -0.2) is 35.2 Å². The summed E-state index contributed by atoms with van der Waals surface area (Å²) < 4.78 is 0. The van der Waals surface area contributed by atoms with E-state index < -0.39 is 0 Å². The third-order valence-electron chi connectivity index (χ3n) is 5.52. The van der Waals surface area contributed by atoms with Gasteiger partial charge in [0.2, 0.25) is 0 Å². The molecule has 1 saturated heterocycles. The maximum atomic E-state index is 10.0. The van der Waals surface area contributed by atoms with Gasteiger partial charge < -0.3 is 5.11 Å². The average molecular weight is 350 g/mol. The highest BCUT2D eigenvalue weighted by Crippen LogP contribution is 2.22. The van der Waals surface area contributed by atoms with Gasteiger partial charge in [-0.1, -0.05) is 83.1 Å². The van der Waals surface area contributed by atoms with E-state index in [2.05, 4.69) is 30.6 Å². The monoisotopic (exact) mass is 349 g/mol. The Labute approximate surface area is 157 Å². The second-order valence-electron chi connectivity index (χ2n) is 7.80. The van der Waals surface area contributed by atoms with E-state index in [1.165, 1.54) is 83.6 Å². The Morgan fingerprint density at radius 3 is 2.40 bits per heavy atom. The smallest absolute Gasteiger partial charge is 0.0667 e. The first kappa shape index (κ1) is 22.4. The molecular weight excluding hydrogens is 306 g/mol. The van der Waals surface area contributed by atoms with Crippen molar-refractivity contribution in [2.75, 3.05) is 13.1 Å². The van der Waals surface area contributed by atoms with Gasteiger partial charge in [-0.3, -0.25) is 4.90 Å². The number of hydrogen-bond acceptors (Lipinski definition) is 2. The molecule has 0 saturated carbocycles. The van der Waals surface area contributed by atoms with Crippen LogP contribution < -0.4 is 0 Å². The lowest BCUT2D eigenvalue weighted by atomic mass is 9.96. The quantitative estimate of drug-likeness (QED) is 0.279. The minimum atomic E-state index is -0.0965. The molecular formula is C23H43NO. The molecule has 0 aromatic carbocycles. The summed E-state index contributed by atoms with van der Waals surface area (Å²) in [6.07, 6.45) is 24.3. The molecule has 0 aromatic rings. The van der Waals surface area contributed by atoms with Crippen LogP contribution in [0.3, 0.4) is 0 Å². The van der Waals surface area contributed by atoms with Crippen LogP contribution in [0.4, 0.5) is 0 Å². The summed E-state index contributed by atoms with van der Waals surface area (Å²) in [6, 6.07) is 0.689. The summed E-state index contributed by atoms with van der Waals surface area (Å²) in [5.41, 5.74) is 0. The number of nitrogens with zero attached hydrogens (tertiary/aromatic N) is 1. The van der Waals surface area contributed by atoms with Crippen molar-refractivity contribution >= 4 is 0 Å². The zero-order valence-electron chi connectivity index (χ0n) is 16.8. The van der Waals surface area contributed by atoms with E-state index in [1.807, 2.05) is 6.08 Å². The third kappa shape index (κ3) is 11.6. The van der Waals surface area contributed by atoms with E-state index in [0.717, 1.165) is 19.4 Å². The minimum absolute atomic E-state index is 0.0965. The summed E-state index contributed by atoms with van der Waals surface area (Å²) in [4.78, 5) is 2.59. The summed E-state index contributed by atoms with van der Waals surface area (Å²) in [6.45, 7) is 8.09. The highest BCUT2D eigenvalue weighted by molar-refractivity contribution is 4.96. The summed E-state index contributed by atoms with van der Waals surface area (Å²) >= 11 is 0. The third-order valence-corrected chi connectivity index (χ3v) is 5.52. The Morgan fingerprint density at radius 1 is 1.04 bits per heavy atom. The Kier molecular flexibility index (Phi) is 14.0. The molecule has 2 atom stereocenters. The van der Waals surface area contributed by atoms with Gasteiger partial charge in [0.25, 0.3) is 0 Å². The number of β-amino-alcohol motifs (C(OH)–C–C–N with tert-alkyl or cyclic N) is 1. The zero-order chi connectivity index (χ0) is 18.2. The van der Waals surface area contributed by atoms with Crippen molar-refractivity contribution in [1.29, 1.82) is 0 Å². The molecule has 0 aliphatic carbocycles. The first-order chi connectivity index (χ1) is 12.3. The van der Waals surface area contributed by atoms with Crippen molar-refractivity contribution < 1.29 is 5.11 Å². The highest BCUT2D eigenvalue weighted by Gasteiger charge is 2.24. The van der Waals surface area contributed by atoms with Crippen LogP contribution in [-0.2, 0) is 0 Å². The van der Waals surface area contributed by atoms with Gasteiger partial charge in [-0.15, -0.1) is 0 Å². The molecule has 1 fully saturated rings. The van der Waals surface area contributed by atoms with Gasteiger partial charge in [0.1, 0.15) is 0 Å². The van der Waals surface area contributed by atoms with Crippen LogP contribution in [0.1, 0.15) is 96.8 Å². The van der Waals surface area contributed by atoms with Crippen molar-refractivity contribution in [3.63, 3.8) is 0 Å². The van der Waals surface area contributed by atoms with E-state index in [4.69, 9.17) is 0 Å². The highest BCUT2D eigenvalue weighted by atomic mass is 16.3. The molecule has 0 radical (unpaired) electrons. The lowest BCUT2D eigenvalue weighted by Crippen LogP contribution is -2.44. The van der Waals surface area contributed by atoms with Crippen LogP contribution in [0.2, 0.25) is 0 Å². The Balaban J connectivity index is 2.26. The molecule has 1 heterocycles. The first-order valence-corrected chi connectivity index (χ1v) is 11.0. The number of hydrogen-bond donors (Lipinski definition) is 1. The summed E-state index contributed by atoms with van der Waals surface area (Å²) in [7, 11) is 0. The number of likely N-dealkylation sites (tertiary alicyclic amines) is 1. The Morgan fingerprint density at radius 2 is 1.72 bits per heavy atom. The van der Waals surface area contributed by atoms with Gasteiger partial charge >= 0.3 is 0 Å². The van der Waals surface area contributed by atoms with E-state index in [1.54, 1.807) is 0 Å². The second-order valence-corrected chi connectivity index (χ2v) is 7.80. The fourth-order valence-electron chi connectivity index (χ4n) is 4.00. The number of allylic oxidation sites excluding steroid dienone is 3. The molecule has 0 amide bonds. The minimum Gasteiger partial charge on any atom is -0.392 e. The zero-order valence-corrected chi connectivity index (χ0v) is 16.8. The number of aliphatic hydroxyl groups is 1. The normalized spacial score (nSPS) is 20.2. The number of unbranched alkanes of at least 4 members (excludes halogenated alkanes) is 8. The molecule has 25 heavy (non-hydrogen) atoms. The topological polar surface area (TPSA) is 23.5 Å². The maximum Gasteiger partial charge on any atom is 0.0667 e. The summed E-state index contributed by atoms with van der Waals surface area (Å²) in [5.74, 6) is 0. The van der Waals surface area contributed by atoms with Crippen LogP contribution in [0.15, 0.2) is 24.8 Å². The van der Waals surface area contributed by atoms with Crippen molar-refractivity contribution in [2.24, 2.45) is 0 Å². The van der Waals surface area contributed by atoms with Crippen molar-refractivity contribution in [2.45, 2.75) is 109 Å². The van der Waals surface area contributed by atoms with Gasteiger partial charge in [0.15, 0.2) is 0 Å². The summed E-state index contributed by atoms with van der Waals surface area (Å²) in [5, 5.41) is 10.0. The molecule has 0 spiro atoms. The van der Waals surface area contributed by atoms with Crippen LogP contribution in [0, 0.1) is 0 Å². The van der Waals surface area contributed by atoms with Gasteiger partial charge in [-0.2, -0.15) is 0 Å². The molecule has 2 nitrogen and oxygen atoms in total. The molecule has 1 unspecified atom stereocenters. The van der Waals surface area contributed by atoms with Gasteiger partial charge in [0.05, 0.1) is 6.10 Å². The lowest BCUT2D eigenvalue weighted by Gasteiger charge is -2.37. The number of aliphatic hydroxyl groups excluding tert-OH is 1. The van der Waals surface area contributed by atoms with Gasteiger partial charge in [0, 0.05) is 12.6 Å². The molecule has 1 N–H and O–H groups in total. The molecule has 1 aliphatic heterocycles. The predicted molar refractivity (Wildman–Crippen MR) is 111 cm³/mol. The molecule has 146 valence electrons. The average Bonchev–Trinajstić information content (AvgIpc) is 2.62. The van der Waals surface area contributed by atoms with Gasteiger partial charge in [-0.25, -0.2) is 0 Å². The van der Waals surface area contributed by atoms with E-state index in [-0.39, 0.29) is 6.10 Å². The lowest BCUT2D eigenvalue weighted by molar-refractivity contribution is 0.0403. The molecule has 0 aromatic heterocycles. The second kappa shape index (κ2) is 15.6. The fourth-order valence-corrected chi connectivity index (χ4v) is 4.00. The van der Waals surface area contributed by atoms with Crippen molar-refractivity contribution in [1.82, 2.24) is 4.90 Å². The van der Waals surface area contributed by atoms with Crippen molar-refractivity contribution in [3.8, 4) is 0 Å². The van der Waals surface area contributed by atoms with E-state index in [9.17, 15) is 5.11 Å². The molecule has 0 bridgehead atoms. The van der Waals surface area contributed by atoms with Crippen LogP contribution >= 0.6 is 0 Å². The van der Waals surface area contributed by atoms with E-state index in [0.29, 0.717) is 6.04 Å². The maximum absolute atomic E-state index is 10.0. The predicted octanol–water partition coefficient (Wildman–Crippen LogP) is 6.26. The van der Waals surface area contributed by atoms with Crippen LogP contribution in [0.25, 0.3) is 0 Å². The van der Waals surface area contributed by atoms with E-state index >= 15 is 0 Å². The SMILES string of the molecule is C=CC=CCCCCC(CCCCCCCCC)N1CCC[C@@H](O)C1. The fraction of sp³-hybridized carbons (Fsp3) is 0.826. The van der Waals surface area contributed by atoms with Gasteiger partial charge in [-0.05, 0) is 45.1 Å². The Hall–Kier alpha value is -0.600. The molecule has 1 rings (SSSR count). The van der Waals surface area contributed by atoms with Crippen LogP contribution in [0.5, 0.6) is 0 Å². The largest absolute Gasteiger partial charge is 0.392 e. The first-order valence-electron chi connectivity index (χ1n) is 11.0. The standard InChI is InChI=1S/C23H43NO/c1-3-5-7-9-11-13-15-18-22(17-14-12-10-8-6-4-2)24-20-16-19-23(25)21-24/h4,6,8,22-23,25H,2-3,5,7,9-21H2,1H3/t22?,23-/m1/s1. The molecule has 2 heteroatoms.